The molecule has 1 heterocycles. The van der Waals surface area contributed by atoms with Gasteiger partial charge >= 0.3 is 5.97 Å². The number of nitrogens with one attached hydrogen (secondary N) is 1. The maximum Gasteiger partial charge on any atom is 0.320 e. The van der Waals surface area contributed by atoms with E-state index in [0.29, 0.717) is 18.2 Å². The van der Waals surface area contributed by atoms with Gasteiger partial charge in [0, 0.05) is 23.6 Å². The standard InChI is InChI=1S/C12H14ClNO3/c1-7(12(15)16)14-6-9-5-10(13)4-8-2-3-17-11(8)9/h4-5,7,14H,2-3,6H2,1H3,(H,15,16)/t7-/m1/s1. The Labute approximate surface area is 105 Å². The van der Waals surface area contributed by atoms with Crippen molar-refractivity contribution in [3.63, 3.8) is 0 Å². The molecule has 5 heteroatoms. The number of carbonyl (C=O) groups is 1. The number of halogens is 1. The molecule has 1 aromatic rings. The van der Waals surface area contributed by atoms with Crippen LogP contribution in [-0.2, 0) is 17.8 Å². The molecule has 1 aromatic carbocycles. The molecule has 0 saturated carbocycles. The van der Waals surface area contributed by atoms with Gasteiger partial charge in [0.1, 0.15) is 11.8 Å². The van der Waals surface area contributed by atoms with Crippen molar-refractivity contribution in [1.29, 1.82) is 0 Å². The van der Waals surface area contributed by atoms with Crippen molar-refractivity contribution in [3.8, 4) is 5.75 Å². The zero-order chi connectivity index (χ0) is 12.4. The zero-order valence-electron chi connectivity index (χ0n) is 9.50. The first kappa shape index (κ1) is 12.2. The highest BCUT2D eigenvalue weighted by atomic mass is 35.5. The van der Waals surface area contributed by atoms with Gasteiger partial charge in [0.2, 0.25) is 0 Å². The van der Waals surface area contributed by atoms with E-state index in [1.807, 2.05) is 12.1 Å². The average Bonchev–Trinajstić information content (AvgIpc) is 2.72. The second-order valence-corrected chi connectivity index (χ2v) is 4.53. The fourth-order valence-corrected chi connectivity index (χ4v) is 2.09. The van der Waals surface area contributed by atoms with E-state index < -0.39 is 12.0 Å². The summed E-state index contributed by atoms with van der Waals surface area (Å²) < 4.78 is 5.53. The molecular weight excluding hydrogens is 242 g/mol. The predicted molar refractivity (Wildman–Crippen MR) is 64.6 cm³/mol. The maximum atomic E-state index is 10.7. The van der Waals surface area contributed by atoms with Crippen molar-refractivity contribution in [1.82, 2.24) is 5.32 Å². The summed E-state index contributed by atoms with van der Waals surface area (Å²) in [5, 5.41) is 12.4. The van der Waals surface area contributed by atoms with Gasteiger partial charge in [-0.2, -0.15) is 0 Å². The summed E-state index contributed by atoms with van der Waals surface area (Å²) in [6, 6.07) is 3.12. The van der Waals surface area contributed by atoms with Crippen LogP contribution >= 0.6 is 11.6 Å². The molecule has 0 spiro atoms. The summed E-state index contributed by atoms with van der Waals surface area (Å²) in [5.41, 5.74) is 2.01. The van der Waals surface area contributed by atoms with Crippen LogP contribution in [0.1, 0.15) is 18.1 Å². The molecule has 2 N–H and O–H groups in total. The van der Waals surface area contributed by atoms with Crippen LogP contribution < -0.4 is 10.1 Å². The quantitative estimate of drug-likeness (QED) is 0.862. The number of hydrogen-bond acceptors (Lipinski definition) is 3. The van der Waals surface area contributed by atoms with E-state index in [2.05, 4.69) is 5.32 Å². The summed E-state index contributed by atoms with van der Waals surface area (Å²) in [5.74, 6) is -0.0240. The number of benzene rings is 1. The topological polar surface area (TPSA) is 58.6 Å². The smallest absolute Gasteiger partial charge is 0.320 e. The Bertz CT molecular complexity index is 448. The molecular formula is C12H14ClNO3. The summed E-state index contributed by atoms with van der Waals surface area (Å²) >= 11 is 6.01. The number of carboxylic acids is 1. The van der Waals surface area contributed by atoms with Crippen molar-refractivity contribution < 1.29 is 14.6 Å². The lowest BCUT2D eigenvalue weighted by Gasteiger charge is -2.12. The van der Waals surface area contributed by atoms with Crippen molar-refractivity contribution in [2.45, 2.75) is 25.9 Å². The van der Waals surface area contributed by atoms with E-state index in [1.165, 1.54) is 0 Å². The van der Waals surface area contributed by atoms with E-state index in [4.69, 9.17) is 21.4 Å². The van der Waals surface area contributed by atoms with Crippen LogP contribution in [0, 0.1) is 0 Å². The van der Waals surface area contributed by atoms with E-state index in [-0.39, 0.29) is 0 Å². The third kappa shape index (κ3) is 2.70. The second-order valence-electron chi connectivity index (χ2n) is 4.09. The van der Waals surface area contributed by atoms with Gasteiger partial charge in [-0.15, -0.1) is 0 Å². The molecule has 1 aliphatic rings. The van der Waals surface area contributed by atoms with E-state index in [9.17, 15) is 4.79 Å². The summed E-state index contributed by atoms with van der Waals surface area (Å²) in [7, 11) is 0. The normalized spacial score (nSPS) is 15.2. The van der Waals surface area contributed by atoms with Crippen LogP contribution in [0.3, 0.4) is 0 Å². The molecule has 92 valence electrons. The fraction of sp³-hybridized carbons (Fsp3) is 0.417. The van der Waals surface area contributed by atoms with Gasteiger partial charge in [-0.05, 0) is 24.6 Å². The molecule has 0 aromatic heterocycles. The molecule has 0 amide bonds. The van der Waals surface area contributed by atoms with E-state index in [0.717, 1.165) is 23.3 Å². The minimum atomic E-state index is -0.871. The van der Waals surface area contributed by atoms with Crippen molar-refractivity contribution in [3.05, 3.63) is 28.3 Å². The van der Waals surface area contributed by atoms with Crippen LogP contribution in [0.5, 0.6) is 5.75 Å². The van der Waals surface area contributed by atoms with Gasteiger partial charge in [-0.25, -0.2) is 0 Å². The third-order valence-corrected chi connectivity index (χ3v) is 3.01. The molecule has 0 unspecified atom stereocenters. The molecule has 0 fully saturated rings. The largest absolute Gasteiger partial charge is 0.493 e. The minimum absolute atomic E-state index is 0.441. The Morgan fingerprint density at radius 3 is 3.12 bits per heavy atom. The molecule has 17 heavy (non-hydrogen) atoms. The van der Waals surface area contributed by atoms with Crippen molar-refractivity contribution in [2.24, 2.45) is 0 Å². The number of fused-ring (bicyclic) bond motifs is 1. The highest BCUT2D eigenvalue weighted by molar-refractivity contribution is 6.30. The first-order valence-electron chi connectivity index (χ1n) is 5.48. The SMILES string of the molecule is C[C@@H](NCc1cc(Cl)cc2c1OCC2)C(=O)O. The first-order chi connectivity index (χ1) is 8.08. The maximum absolute atomic E-state index is 10.7. The lowest BCUT2D eigenvalue weighted by Crippen LogP contribution is -2.33. The van der Waals surface area contributed by atoms with E-state index >= 15 is 0 Å². The Morgan fingerprint density at radius 1 is 1.65 bits per heavy atom. The zero-order valence-corrected chi connectivity index (χ0v) is 10.3. The number of carboxylic acid groups (broad SMARTS) is 1. The molecule has 0 radical (unpaired) electrons. The van der Waals surface area contributed by atoms with Crippen LogP contribution in [0.2, 0.25) is 5.02 Å². The van der Waals surface area contributed by atoms with Crippen LogP contribution in [0.25, 0.3) is 0 Å². The van der Waals surface area contributed by atoms with Gasteiger partial charge in [-0.1, -0.05) is 11.6 Å². The van der Waals surface area contributed by atoms with Crippen LogP contribution in [0.4, 0.5) is 0 Å². The summed E-state index contributed by atoms with van der Waals surface area (Å²) in [4.78, 5) is 10.7. The predicted octanol–water partition coefficient (Wildman–Crippen LogP) is 1.84. The Hall–Kier alpha value is -1.26. The van der Waals surface area contributed by atoms with Crippen LogP contribution in [0.15, 0.2) is 12.1 Å². The number of aliphatic carboxylic acids is 1. The molecule has 0 aliphatic carbocycles. The Kier molecular flexibility index (Phi) is 3.54. The fourth-order valence-electron chi connectivity index (χ4n) is 1.83. The van der Waals surface area contributed by atoms with Crippen molar-refractivity contribution in [2.75, 3.05) is 6.61 Å². The molecule has 2 rings (SSSR count). The molecule has 0 saturated heterocycles. The molecule has 4 nitrogen and oxygen atoms in total. The summed E-state index contributed by atoms with van der Waals surface area (Å²) in [6.45, 7) is 2.71. The molecule has 0 bridgehead atoms. The Morgan fingerprint density at radius 2 is 2.41 bits per heavy atom. The van der Waals surface area contributed by atoms with E-state index in [1.54, 1.807) is 6.92 Å². The number of rotatable bonds is 4. The van der Waals surface area contributed by atoms with Gasteiger partial charge in [0.25, 0.3) is 0 Å². The van der Waals surface area contributed by atoms with Gasteiger partial charge in [0.15, 0.2) is 0 Å². The van der Waals surface area contributed by atoms with Gasteiger partial charge in [-0.3, -0.25) is 4.79 Å². The molecule has 1 aliphatic heterocycles. The minimum Gasteiger partial charge on any atom is -0.493 e. The Balaban J connectivity index is 2.13. The monoisotopic (exact) mass is 255 g/mol. The lowest BCUT2D eigenvalue weighted by molar-refractivity contribution is -0.139. The van der Waals surface area contributed by atoms with Crippen molar-refractivity contribution >= 4 is 17.6 Å². The molecule has 1 atom stereocenters. The average molecular weight is 256 g/mol. The third-order valence-electron chi connectivity index (χ3n) is 2.79. The highest BCUT2D eigenvalue weighted by Crippen LogP contribution is 2.32. The first-order valence-corrected chi connectivity index (χ1v) is 5.86. The van der Waals surface area contributed by atoms with Gasteiger partial charge < -0.3 is 15.2 Å². The highest BCUT2D eigenvalue weighted by Gasteiger charge is 2.18. The number of hydrogen-bond donors (Lipinski definition) is 2. The van der Waals surface area contributed by atoms with Crippen LogP contribution in [-0.4, -0.2) is 23.7 Å². The second kappa shape index (κ2) is 4.94. The number of ether oxygens (including phenoxy) is 1. The lowest BCUT2D eigenvalue weighted by atomic mass is 10.1. The van der Waals surface area contributed by atoms with Gasteiger partial charge in [0.05, 0.1) is 6.61 Å². The summed E-state index contributed by atoms with van der Waals surface area (Å²) in [6.07, 6.45) is 0.859.